The van der Waals surface area contributed by atoms with E-state index in [1.54, 1.807) is 18.2 Å². The number of nitro groups is 1. The number of allylic oxidation sites excluding steroid dienone is 1. The van der Waals surface area contributed by atoms with E-state index in [2.05, 4.69) is 6.07 Å². The van der Waals surface area contributed by atoms with Crippen LogP contribution in [-0.4, -0.2) is 4.92 Å². The van der Waals surface area contributed by atoms with Crippen molar-refractivity contribution in [1.29, 1.82) is 5.26 Å². The van der Waals surface area contributed by atoms with E-state index in [4.69, 9.17) is 0 Å². The van der Waals surface area contributed by atoms with Gasteiger partial charge in [-0.25, -0.2) is 0 Å². The highest BCUT2D eigenvalue weighted by atomic mass is 16.6. The SMILES string of the molecule is Cc1ccccc1/C=C(/C#N)c1cccc([N+](=O)[O-])c1. The molecule has 0 heterocycles. The second kappa shape index (κ2) is 5.81. The molecular formula is C16H12N2O2. The predicted octanol–water partition coefficient (Wildman–Crippen LogP) is 3.97. The van der Waals surface area contributed by atoms with Gasteiger partial charge in [0.1, 0.15) is 0 Å². The third-order valence-corrected chi connectivity index (χ3v) is 2.98. The molecule has 2 aromatic carbocycles. The summed E-state index contributed by atoms with van der Waals surface area (Å²) in [7, 11) is 0. The van der Waals surface area contributed by atoms with Crippen LogP contribution >= 0.6 is 0 Å². The van der Waals surface area contributed by atoms with Gasteiger partial charge < -0.3 is 0 Å². The first kappa shape index (κ1) is 13.5. The lowest BCUT2D eigenvalue weighted by molar-refractivity contribution is -0.384. The van der Waals surface area contributed by atoms with Crippen LogP contribution in [0.3, 0.4) is 0 Å². The van der Waals surface area contributed by atoms with Crippen LogP contribution in [0.25, 0.3) is 11.6 Å². The smallest absolute Gasteiger partial charge is 0.258 e. The van der Waals surface area contributed by atoms with Gasteiger partial charge in [-0.3, -0.25) is 10.1 Å². The summed E-state index contributed by atoms with van der Waals surface area (Å²) in [6.45, 7) is 1.95. The van der Waals surface area contributed by atoms with Gasteiger partial charge in [0.2, 0.25) is 0 Å². The van der Waals surface area contributed by atoms with E-state index in [0.29, 0.717) is 11.1 Å². The summed E-state index contributed by atoms with van der Waals surface area (Å²) in [5, 5.41) is 20.1. The van der Waals surface area contributed by atoms with Crippen LogP contribution in [0.15, 0.2) is 48.5 Å². The Kier molecular flexibility index (Phi) is 3.92. The third kappa shape index (κ3) is 2.90. The van der Waals surface area contributed by atoms with Crippen LogP contribution < -0.4 is 0 Å². The Morgan fingerprint density at radius 2 is 2.00 bits per heavy atom. The molecule has 0 atom stereocenters. The molecule has 98 valence electrons. The molecule has 0 aliphatic rings. The number of nitro benzene ring substituents is 1. The Morgan fingerprint density at radius 1 is 1.25 bits per heavy atom. The first-order chi connectivity index (χ1) is 9.61. The second-order valence-corrected chi connectivity index (χ2v) is 4.33. The quantitative estimate of drug-likeness (QED) is 0.364. The van der Waals surface area contributed by atoms with E-state index in [9.17, 15) is 15.4 Å². The van der Waals surface area contributed by atoms with Crippen molar-refractivity contribution in [3.63, 3.8) is 0 Å². The fourth-order valence-corrected chi connectivity index (χ4v) is 1.87. The van der Waals surface area contributed by atoms with Crippen molar-refractivity contribution in [2.45, 2.75) is 6.92 Å². The van der Waals surface area contributed by atoms with Gasteiger partial charge in [-0.2, -0.15) is 5.26 Å². The fourth-order valence-electron chi connectivity index (χ4n) is 1.87. The van der Waals surface area contributed by atoms with Gasteiger partial charge in [-0.05, 0) is 29.7 Å². The molecule has 0 bridgehead atoms. The van der Waals surface area contributed by atoms with Crippen molar-refractivity contribution < 1.29 is 4.92 Å². The summed E-state index contributed by atoms with van der Waals surface area (Å²) < 4.78 is 0. The zero-order chi connectivity index (χ0) is 14.5. The van der Waals surface area contributed by atoms with Gasteiger partial charge in [-0.15, -0.1) is 0 Å². The molecule has 0 spiro atoms. The van der Waals surface area contributed by atoms with Crippen LogP contribution in [0, 0.1) is 28.4 Å². The van der Waals surface area contributed by atoms with Gasteiger partial charge in [0.05, 0.1) is 16.6 Å². The molecule has 0 saturated heterocycles. The molecule has 20 heavy (non-hydrogen) atoms. The predicted molar refractivity (Wildman–Crippen MR) is 77.8 cm³/mol. The average molecular weight is 264 g/mol. The number of non-ortho nitro benzene ring substituents is 1. The molecule has 0 aromatic heterocycles. The Labute approximate surface area is 116 Å². The standard InChI is InChI=1S/C16H12N2O2/c1-12-5-2-3-6-13(12)9-15(11-17)14-7-4-8-16(10-14)18(19)20/h2-10H,1H3/b15-9-. The van der Waals surface area contributed by atoms with Gasteiger partial charge in [0.25, 0.3) is 5.69 Å². The number of rotatable bonds is 3. The Balaban J connectivity index is 2.49. The van der Waals surface area contributed by atoms with Gasteiger partial charge in [0, 0.05) is 12.1 Å². The van der Waals surface area contributed by atoms with Crippen LogP contribution in [0.2, 0.25) is 0 Å². The van der Waals surface area contributed by atoms with Gasteiger partial charge >= 0.3 is 0 Å². The van der Waals surface area contributed by atoms with E-state index in [1.165, 1.54) is 12.1 Å². The number of aryl methyl sites for hydroxylation is 1. The maximum atomic E-state index is 10.8. The Bertz CT molecular complexity index is 727. The normalized spacial score (nSPS) is 10.9. The van der Waals surface area contributed by atoms with Crippen LogP contribution in [0.4, 0.5) is 5.69 Å². The van der Waals surface area contributed by atoms with E-state index < -0.39 is 4.92 Å². The molecule has 0 aliphatic heterocycles. The summed E-state index contributed by atoms with van der Waals surface area (Å²) in [4.78, 5) is 10.3. The van der Waals surface area contributed by atoms with E-state index in [0.717, 1.165) is 11.1 Å². The summed E-state index contributed by atoms with van der Waals surface area (Å²) in [6, 6.07) is 15.9. The van der Waals surface area contributed by atoms with Crippen molar-refractivity contribution in [2.24, 2.45) is 0 Å². The Hall–Kier alpha value is -2.93. The maximum Gasteiger partial charge on any atom is 0.270 e. The molecule has 2 rings (SSSR count). The molecular weight excluding hydrogens is 252 g/mol. The molecule has 4 nitrogen and oxygen atoms in total. The van der Waals surface area contributed by atoms with Crippen molar-refractivity contribution in [3.8, 4) is 6.07 Å². The first-order valence-electron chi connectivity index (χ1n) is 6.04. The number of hydrogen-bond donors (Lipinski definition) is 0. The Morgan fingerprint density at radius 3 is 2.65 bits per heavy atom. The number of nitriles is 1. The minimum Gasteiger partial charge on any atom is -0.258 e. The summed E-state index contributed by atoms with van der Waals surface area (Å²) >= 11 is 0. The van der Waals surface area contributed by atoms with E-state index >= 15 is 0 Å². The minimum atomic E-state index is -0.466. The van der Waals surface area contributed by atoms with Crippen LogP contribution in [-0.2, 0) is 0 Å². The summed E-state index contributed by atoms with van der Waals surface area (Å²) in [5.74, 6) is 0. The summed E-state index contributed by atoms with van der Waals surface area (Å²) in [6.07, 6.45) is 1.74. The van der Waals surface area contributed by atoms with Gasteiger partial charge in [-0.1, -0.05) is 36.4 Å². The lowest BCUT2D eigenvalue weighted by atomic mass is 10.0. The molecule has 4 heteroatoms. The lowest BCUT2D eigenvalue weighted by Gasteiger charge is -2.02. The summed E-state index contributed by atoms with van der Waals surface area (Å²) in [5.41, 5.74) is 2.91. The highest BCUT2D eigenvalue weighted by molar-refractivity contribution is 5.90. The molecule has 0 amide bonds. The monoisotopic (exact) mass is 264 g/mol. The lowest BCUT2D eigenvalue weighted by Crippen LogP contribution is -1.90. The molecule has 0 aliphatic carbocycles. The number of nitrogens with zero attached hydrogens (tertiary/aromatic N) is 2. The number of benzene rings is 2. The van der Waals surface area contributed by atoms with E-state index in [1.807, 2.05) is 31.2 Å². The molecule has 0 N–H and O–H groups in total. The zero-order valence-electron chi connectivity index (χ0n) is 10.9. The van der Waals surface area contributed by atoms with Crippen molar-refractivity contribution in [1.82, 2.24) is 0 Å². The highest BCUT2D eigenvalue weighted by Gasteiger charge is 2.09. The minimum absolute atomic E-state index is 0.0200. The third-order valence-electron chi connectivity index (χ3n) is 2.98. The molecule has 0 saturated carbocycles. The molecule has 0 fully saturated rings. The molecule has 0 unspecified atom stereocenters. The molecule has 0 radical (unpaired) electrons. The van der Waals surface area contributed by atoms with Crippen LogP contribution in [0.5, 0.6) is 0 Å². The average Bonchev–Trinajstić information content (AvgIpc) is 2.46. The second-order valence-electron chi connectivity index (χ2n) is 4.33. The van der Waals surface area contributed by atoms with Crippen molar-refractivity contribution in [3.05, 3.63) is 75.3 Å². The highest BCUT2D eigenvalue weighted by Crippen LogP contribution is 2.23. The van der Waals surface area contributed by atoms with E-state index in [-0.39, 0.29) is 5.69 Å². The zero-order valence-corrected chi connectivity index (χ0v) is 10.9. The topological polar surface area (TPSA) is 66.9 Å². The molecule has 2 aromatic rings. The van der Waals surface area contributed by atoms with Gasteiger partial charge in [0.15, 0.2) is 0 Å². The maximum absolute atomic E-state index is 10.8. The van der Waals surface area contributed by atoms with Crippen molar-refractivity contribution in [2.75, 3.05) is 0 Å². The largest absolute Gasteiger partial charge is 0.270 e. The number of hydrogen-bond acceptors (Lipinski definition) is 3. The fraction of sp³-hybridized carbons (Fsp3) is 0.0625. The van der Waals surface area contributed by atoms with Crippen molar-refractivity contribution >= 4 is 17.3 Å². The first-order valence-corrected chi connectivity index (χ1v) is 6.04. The van der Waals surface area contributed by atoms with Crippen LogP contribution in [0.1, 0.15) is 16.7 Å².